The van der Waals surface area contributed by atoms with Crippen molar-refractivity contribution < 1.29 is 0 Å². The minimum atomic E-state index is 1.26. The summed E-state index contributed by atoms with van der Waals surface area (Å²) >= 11 is 0. The van der Waals surface area contributed by atoms with Gasteiger partial charge in [-0.1, -0.05) is 145 Å². The molecule has 0 heteroatoms. The molecule has 0 spiro atoms. The molecule has 0 amide bonds. The van der Waals surface area contributed by atoms with E-state index in [-0.39, 0.29) is 0 Å². The average molecular weight is 549 g/mol. The van der Waals surface area contributed by atoms with Gasteiger partial charge in [-0.05, 0) is 108 Å². The molecule has 0 aromatic heterocycles. The van der Waals surface area contributed by atoms with E-state index in [4.69, 9.17) is 0 Å². The Morgan fingerprint density at radius 3 is 1.23 bits per heavy atom. The molecule has 0 radical (unpaired) electrons. The van der Waals surface area contributed by atoms with E-state index in [0.717, 1.165) is 0 Å². The standard InChI is InChI=1S/C43H32/c1-27-20-22-30(23-21-27)42-37-16-8-10-18-39(37)43(40-19-11-9-17-38(40)42)31-24-25-32(28(2)26-31)41-29(3)33-12-4-5-13-34(33)35-14-6-7-15-36(35)41/h4-26H,1-3H3. The summed E-state index contributed by atoms with van der Waals surface area (Å²) in [6.45, 7) is 6.70. The van der Waals surface area contributed by atoms with Gasteiger partial charge >= 0.3 is 0 Å². The van der Waals surface area contributed by atoms with Gasteiger partial charge in [0, 0.05) is 0 Å². The van der Waals surface area contributed by atoms with Crippen molar-refractivity contribution in [3.8, 4) is 33.4 Å². The third kappa shape index (κ3) is 3.98. The van der Waals surface area contributed by atoms with Crippen LogP contribution in [-0.2, 0) is 0 Å². The summed E-state index contributed by atoms with van der Waals surface area (Å²) in [6, 6.07) is 51.5. The highest BCUT2D eigenvalue weighted by Gasteiger charge is 2.19. The van der Waals surface area contributed by atoms with Crippen molar-refractivity contribution in [1.29, 1.82) is 0 Å². The highest BCUT2D eigenvalue weighted by atomic mass is 14.2. The van der Waals surface area contributed by atoms with Crippen molar-refractivity contribution in [2.75, 3.05) is 0 Å². The van der Waals surface area contributed by atoms with Crippen LogP contribution in [0.2, 0.25) is 0 Å². The maximum atomic E-state index is 2.40. The molecule has 0 nitrogen and oxygen atoms in total. The van der Waals surface area contributed by atoms with E-state index >= 15 is 0 Å². The summed E-state index contributed by atoms with van der Waals surface area (Å²) < 4.78 is 0. The van der Waals surface area contributed by atoms with Crippen LogP contribution >= 0.6 is 0 Å². The van der Waals surface area contributed by atoms with E-state index in [1.165, 1.54) is 93.2 Å². The third-order valence-electron chi connectivity index (χ3n) is 9.25. The van der Waals surface area contributed by atoms with Gasteiger partial charge in [0.2, 0.25) is 0 Å². The average Bonchev–Trinajstić information content (AvgIpc) is 3.05. The van der Waals surface area contributed by atoms with Crippen LogP contribution in [0.5, 0.6) is 0 Å². The third-order valence-corrected chi connectivity index (χ3v) is 9.25. The molecular formula is C43H32. The minimum absolute atomic E-state index is 1.26. The SMILES string of the molecule is Cc1ccc(-c2c3ccccc3c(-c3ccc(-c4c(C)c5ccccc5c5ccccc45)c(C)c3)c3ccccc23)cc1. The maximum absolute atomic E-state index is 2.40. The normalized spacial score (nSPS) is 11.6. The summed E-state index contributed by atoms with van der Waals surface area (Å²) in [4.78, 5) is 0. The second-order valence-corrected chi connectivity index (χ2v) is 11.8. The number of fused-ring (bicyclic) bond motifs is 5. The molecule has 0 saturated carbocycles. The van der Waals surface area contributed by atoms with Crippen molar-refractivity contribution in [3.63, 3.8) is 0 Å². The van der Waals surface area contributed by atoms with E-state index in [9.17, 15) is 0 Å². The Balaban J connectivity index is 1.40. The molecule has 0 heterocycles. The Morgan fingerprint density at radius 1 is 0.326 bits per heavy atom. The van der Waals surface area contributed by atoms with Crippen LogP contribution in [0.4, 0.5) is 0 Å². The van der Waals surface area contributed by atoms with E-state index in [2.05, 4.69) is 160 Å². The van der Waals surface area contributed by atoms with Crippen molar-refractivity contribution in [2.24, 2.45) is 0 Å². The molecule has 0 saturated heterocycles. The highest BCUT2D eigenvalue weighted by Crippen LogP contribution is 2.45. The molecule has 204 valence electrons. The first-order chi connectivity index (χ1) is 21.1. The number of benzene rings is 8. The zero-order chi connectivity index (χ0) is 29.1. The second-order valence-electron chi connectivity index (χ2n) is 11.8. The number of aryl methyl sites for hydroxylation is 3. The molecule has 0 bridgehead atoms. The van der Waals surface area contributed by atoms with E-state index in [1.54, 1.807) is 0 Å². The lowest BCUT2D eigenvalue weighted by molar-refractivity contribution is 1.44. The Morgan fingerprint density at radius 2 is 0.721 bits per heavy atom. The first kappa shape index (κ1) is 25.5. The van der Waals surface area contributed by atoms with Gasteiger partial charge in [0.25, 0.3) is 0 Å². The fourth-order valence-corrected chi connectivity index (χ4v) is 7.24. The molecule has 0 atom stereocenters. The van der Waals surface area contributed by atoms with Gasteiger partial charge in [-0.15, -0.1) is 0 Å². The lowest BCUT2D eigenvalue weighted by Crippen LogP contribution is -1.94. The number of rotatable bonds is 3. The van der Waals surface area contributed by atoms with E-state index in [0.29, 0.717) is 0 Å². The van der Waals surface area contributed by atoms with Gasteiger partial charge in [-0.2, -0.15) is 0 Å². The Bertz CT molecular complexity index is 2300. The molecular weight excluding hydrogens is 516 g/mol. The van der Waals surface area contributed by atoms with Gasteiger partial charge in [0.15, 0.2) is 0 Å². The smallest absolute Gasteiger partial charge is 0.00263 e. The number of hydrogen-bond acceptors (Lipinski definition) is 0. The largest absolute Gasteiger partial charge is 0.0616 e. The topological polar surface area (TPSA) is 0 Å². The van der Waals surface area contributed by atoms with Crippen LogP contribution in [-0.4, -0.2) is 0 Å². The van der Waals surface area contributed by atoms with Crippen molar-refractivity contribution >= 4 is 43.1 Å². The quantitative estimate of drug-likeness (QED) is 0.152. The first-order valence-electron chi connectivity index (χ1n) is 15.1. The first-order valence-corrected chi connectivity index (χ1v) is 15.1. The van der Waals surface area contributed by atoms with Gasteiger partial charge in [0.1, 0.15) is 0 Å². The lowest BCUT2D eigenvalue weighted by atomic mass is 9.83. The van der Waals surface area contributed by atoms with Gasteiger partial charge in [0.05, 0.1) is 0 Å². The molecule has 0 unspecified atom stereocenters. The van der Waals surface area contributed by atoms with Crippen LogP contribution in [0.1, 0.15) is 16.7 Å². The number of hydrogen-bond donors (Lipinski definition) is 0. The van der Waals surface area contributed by atoms with Crippen molar-refractivity contribution in [1.82, 2.24) is 0 Å². The van der Waals surface area contributed by atoms with Crippen molar-refractivity contribution in [3.05, 3.63) is 156 Å². The molecule has 0 fully saturated rings. The van der Waals surface area contributed by atoms with Crippen LogP contribution in [0.25, 0.3) is 76.5 Å². The maximum Gasteiger partial charge on any atom is -0.00263 e. The second kappa shape index (κ2) is 9.96. The molecule has 8 rings (SSSR count). The van der Waals surface area contributed by atoms with E-state index < -0.39 is 0 Å². The van der Waals surface area contributed by atoms with E-state index in [1.807, 2.05) is 0 Å². The lowest BCUT2D eigenvalue weighted by Gasteiger charge is -2.20. The Hall–Kier alpha value is -5.20. The molecule has 0 aliphatic carbocycles. The monoisotopic (exact) mass is 548 g/mol. The highest BCUT2D eigenvalue weighted by molar-refractivity contribution is 6.21. The predicted octanol–water partition coefficient (Wildman–Crippen LogP) is 12.2. The van der Waals surface area contributed by atoms with Crippen LogP contribution < -0.4 is 0 Å². The molecule has 43 heavy (non-hydrogen) atoms. The molecule has 0 aliphatic heterocycles. The molecule has 0 aliphatic rings. The fraction of sp³-hybridized carbons (Fsp3) is 0.0698. The zero-order valence-electron chi connectivity index (χ0n) is 24.8. The summed E-state index contributed by atoms with van der Waals surface area (Å²) in [5, 5.41) is 10.4. The van der Waals surface area contributed by atoms with Crippen LogP contribution in [0.15, 0.2) is 140 Å². The summed E-state index contributed by atoms with van der Waals surface area (Å²) in [5.74, 6) is 0. The molecule has 0 N–H and O–H groups in total. The van der Waals surface area contributed by atoms with Gasteiger partial charge < -0.3 is 0 Å². The van der Waals surface area contributed by atoms with Crippen LogP contribution in [0.3, 0.4) is 0 Å². The zero-order valence-corrected chi connectivity index (χ0v) is 24.8. The Labute approximate surface area is 252 Å². The molecule has 8 aromatic carbocycles. The van der Waals surface area contributed by atoms with Gasteiger partial charge in [-0.3, -0.25) is 0 Å². The summed E-state index contributed by atoms with van der Waals surface area (Å²) in [6.07, 6.45) is 0. The summed E-state index contributed by atoms with van der Waals surface area (Å²) in [5.41, 5.74) is 11.7. The fourth-order valence-electron chi connectivity index (χ4n) is 7.24. The predicted molar refractivity (Wildman–Crippen MR) is 187 cm³/mol. The molecule has 8 aromatic rings. The van der Waals surface area contributed by atoms with Gasteiger partial charge in [-0.25, -0.2) is 0 Å². The Kier molecular flexibility index (Phi) is 5.91. The van der Waals surface area contributed by atoms with Crippen molar-refractivity contribution in [2.45, 2.75) is 20.8 Å². The summed E-state index contributed by atoms with van der Waals surface area (Å²) in [7, 11) is 0. The van der Waals surface area contributed by atoms with Crippen LogP contribution in [0, 0.1) is 20.8 Å². The minimum Gasteiger partial charge on any atom is -0.0616 e.